The number of aromatic nitrogens is 3. The van der Waals surface area contributed by atoms with Crippen molar-refractivity contribution in [3.05, 3.63) is 46.5 Å². The lowest BCUT2D eigenvalue weighted by atomic mass is 10.2. The molecule has 112 valence electrons. The molecule has 2 heterocycles. The van der Waals surface area contributed by atoms with Gasteiger partial charge in [-0.3, -0.25) is 0 Å². The molecule has 22 heavy (non-hydrogen) atoms. The van der Waals surface area contributed by atoms with Crippen LogP contribution in [0, 0.1) is 0 Å². The first kappa shape index (κ1) is 14.7. The summed E-state index contributed by atoms with van der Waals surface area (Å²) >= 11 is 1.58. The molecule has 0 saturated carbocycles. The molecule has 0 radical (unpaired) electrons. The van der Waals surface area contributed by atoms with Crippen molar-refractivity contribution >= 4 is 34.5 Å². The van der Waals surface area contributed by atoms with Gasteiger partial charge < -0.3 is 4.74 Å². The Hall–Kier alpha value is -2.27. The monoisotopic (exact) mass is 311 g/mol. The molecule has 0 aliphatic heterocycles. The molecule has 0 fully saturated rings. The Morgan fingerprint density at radius 1 is 1.05 bits per heavy atom. The van der Waals surface area contributed by atoms with Gasteiger partial charge >= 0.3 is 0 Å². The average Bonchev–Trinajstić information content (AvgIpc) is 2.96. The fourth-order valence-corrected chi connectivity index (χ4v) is 2.47. The SMILES string of the molecule is CC(C)(C)Oc1nc2ccccc2nc1/C=C/c1nccs1. The van der Waals surface area contributed by atoms with Gasteiger partial charge in [0, 0.05) is 11.6 Å². The zero-order valence-electron chi connectivity index (χ0n) is 12.8. The number of thiazole rings is 1. The number of fused-ring (bicyclic) bond motifs is 1. The predicted octanol–water partition coefficient (Wildman–Crippen LogP) is 4.43. The van der Waals surface area contributed by atoms with Crippen molar-refractivity contribution in [1.29, 1.82) is 0 Å². The molecule has 0 aliphatic rings. The van der Waals surface area contributed by atoms with Crippen LogP contribution in [0.3, 0.4) is 0 Å². The summed E-state index contributed by atoms with van der Waals surface area (Å²) in [5.74, 6) is 0.541. The van der Waals surface area contributed by atoms with Crippen LogP contribution in [-0.4, -0.2) is 20.6 Å². The Kier molecular flexibility index (Phi) is 3.90. The molecule has 0 unspecified atom stereocenters. The van der Waals surface area contributed by atoms with Gasteiger partial charge in [0.25, 0.3) is 0 Å². The van der Waals surface area contributed by atoms with Gasteiger partial charge in [0.05, 0.1) is 11.0 Å². The molecule has 1 aromatic carbocycles. The molecule has 0 spiro atoms. The van der Waals surface area contributed by atoms with Gasteiger partial charge in [0.15, 0.2) is 0 Å². The van der Waals surface area contributed by atoms with E-state index in [9.17, 15) is 0 Å². The minimum atomic E-state index is -0.332. The van der Waals surface area contributed by atoms with Crippen LogP contribution >= 0.6 is 11.3 Å². The maximum absolute atomic E-state index is 5.97. The van der Waals surface area contributed by atoms with Crippen LogP contribution in [0.1, 0.15) is 31.5 Å². The minimum absolute atomic E-state index is 0.332. The second kappa shape index (κ2) is 5.85. The van der Waals surface area contributed by atoms with Gasteiger partial charge in [-0.05, 0) is 45.1 Å². The molecule has 4 nitrogen and oxygen atoms in total. The number of benzene rings is 1. The van der Waals surface area contributed by atoms with Crippen LogP contribution < -0.4 is 4.74 Å². The number of rotatable bonds is 3. The van der Waals surface area contributed by atoms with Crippen molar-refractivity contribution in [2.75, 3.05) is 0 Å². The third-order valence-electron chi connectivity index (χ3n) is 2.80. The summed E-state index contributed by atoms with van der Waals surface area (Å²) < 4.78 is 5.97. The van der Waals surface area contributed by atoms with Gasteiger partial charge in [-0.15, -0.1) is 11.3 Å². The van der Waals surface area contributed by atoms with Crippen molar-refractivity contribution in [3.63, 3.8) is 0 Å². The van der Waals surface area contributed by atoms with E-state index in [0.717, 1.165) is 16.0 Å². The molecular weight excluding hydrogens is 294 g/mol. The highest BCUT2D eigenvalue weighted by Gasteiger charge is 2.16. The number of para-hydroxylation sites is 2. The minimum Gasteiger partial charge on any atom is -0.470 e. The van der Waals surface area contributed by atoms with E-state index >= 15 is 0 Å². The fourth-order valence-electron chi connectivity index (χ4n) is 1.94. The van der Waals surface area contributed by atoms with E-state index in [1.165, 1.54) is 0 Å². The van der Waals surface area contributed by atoms with Gasteiger partial charge in [-0.25, -0.2) is 15.0 Å². The molecule has 0 atom stereocenters. The summed E-state index contributed by atoms with van der Waals surface area (Å²) in [4.78, 5) is 13.5. The molecule has 0 aliphatic carbocycles. The summed E-state index contributed by atoms with van der Waals surface area (Å²) in [6.45, 7) is 5.99. The lowest BCUT2D eigenvalue weighted by molar-refractivity contribution is 0.123. The number of hydrogen-bond acceptors (Lipinski definition) is 5. The Morgan fingerprint density at radius 2 is 1.77 bits per heavy atom. The first-order valence-electron chi connectivity index (χ1n) is 7.05. The van der Waals surface area contributed by atoms with Crippen molar-refractivity contribution in [1.82, 2.24) is 15.0 Å². The molecule has 0 bridgehead atoms. The molecule has 0 saturated heterocycles. The summed E-state index contributed by atoms with van der Waals surface area (Å²) in [6.07, 6.45) is 5.61. The van der Waals surface area contributed by atoms with Crippen molar-refractivity contribution in [2.24, 2.45) is 0 Å². The third kappa shape index (κ3) is 3.49. The zero-order chi connectivity index (χ0) is 15.6. The fraction of sp³-hybridized carbons (Fsp3) is 0.235. The Labute approximate surface area is 133 Å². The topological polar surface area (TPSA) is 47.9 Å². The van der Waals surface area contributed by atoms with Crippen molar-refractivity contribution in [2.45, 2.75) is 26.4 Å². The summed E-state index contributed by atoms with van der Waals surface area (Å²) in [5, 5.41) is 2.87. The van der Waals surface area contributed by atoms with Crippen LogP contribution in [-0.2, 0) is 0 Å². The van der Waals surface area contributed by atoms with Crippen LogP contribution in [0.2, 0.25) is 0 Å². The van der Waals surface area contributed by atoms with E-state index in [-0.39, 0.29) is 5.60 Å². The van der Waals surface area contributed by atoms with E-state index in [2.05, 4.69) is 15.0 Å². The largest absolute Gasteiger partial charge is 0.470 e. The van der Waals surface area contributed by atoms with E-state index in [0.29, 0.717) is 11.6 Å². The summed E-state index contributed by atoms with van der Waals surface area (Å²) in [6, 6.07) is 7.79. The normalized spacial score (nSPS) is 12.1. The molecule has 3 aromatic rings. The molecule has 0 N–H and O–H groups in total. The Morgan fingerprint density at radius 3 is 2.41 bits per heavy atom. The Balaban J connectivity index is 2.06. The summed E-state index contributed by atoms with van der Waals surface area (Å²) in [5.41, 5.74) is 2.06. The summed E-state index contributed by atoms with van der Waals surface area (Å²) in [7, 11) is 0. The molecule has 5 heteroatoms. The number of nitrogens with zero attached hydrogens (tertiary/aromatic N) is 3. The number of hydrogen-bond donors (Lipinski definition) is 0. The quantitative estimate of drug-likeness (QED) is 0.717. The highest BCUT2D eigenvalue weighted by molar-refractivity contribution is 7.10. The standard InChI is InChI=1S/C17H17N3OS/c1-17(2,3)21-16-14(8-9-15-18-10-11-22-15)19-12-6-4-5-7-13(12)20-16/h4-11H,1-3H3/b9-8+. The highest BCUT2D eigenvalue weighted by atomic mass is 32.1. The van der Waals surface area contributed by atoms with Gasteiger partial charge in [-0.1, -0.05) is 12.1 Å². The molecule has 3 rings (SSSR count). The van der Waals surface area contributed by atoms with E-state index < -0.39 is 0 Å². The molecule has 2 aromatic heterocycles. The van der Waals surface area contributed by atoms with E-state index in [1.54, 1.807) is 17.5 Å². The second-order valence-corrected chi connectivity index (χ2v) is 6.75. The highest BCUT2D eigenvalue weighted by Crippen LogP contribution is 2.24. The van der Waals surface area contributed by atoms with Crippen LogP contribution in [0.25, 0.3) is 23.2 Å². The number of ether oxygens (including phenoxy) is 1. The smallest absolute Gasteiger partial charge is 0.241 e. The Bertz CT molecular complexity index is 804. The van der Waals surface area contributed by atoms with E-state index in [4.69, 9.17) is 4.74 Å². The van der Waals surface area contributed by atoms with Gasteiger partial charge in [0.1, 0.15) is 16.3 Å². The van der Waals surface area contributed by atoms with Crippen LogP contribution in [0.5, 0.6) is 5.88 Å². The van der Waals surface area contributed by atoms with Gasteiger partial charge in [-0.2, -0.15) is 0 Å². The van der Waals surface area contributed by atoms with Crippen molar-refractivity contribution < 1.29 is 4.74 Å². The lowest BCUT2D eigenvalue weighted by Gasteiger charge is -2.21. The van der Waals surface area contributed by atoms with Crippen molar-refractivity contribution in [3.8, 4) is 5.88 Å². The first-order chi connectivity index (χ1) is 10.5. The van der Waals surface area contributed by atoms with E-state index in [1.807, 2.05) is 62.6 Å². The predicted molar refractivity (Wildman–Crippen MR) is 91.0 cm³/mol. The third-order valence-corrected chi connectivity index (χ3v) is 3.54. The maximum Gasteiger partial charge on any atom is 0.241 e. The van der Waals surface area contributed by atoms with Crippen LogP contribution in [0.15, 0.2) is 35.8 Å². The average molecular weight is 311 g/mol. The lowest BCUT2D eigenvalue weighted by Crippen LogP contribution is -2.24. The zero-order valence-corrected chi connectivity index (χ0v) is 13.6. The first-order valence-corrected chi connectivity index (χ1v) is 7.93. The molecule has 0 amide bonds. The van der Waals surface area contributed by atoms with Gasteiger partial charge in [0.2, 0.25) is 5.88 Å². The second-order valence-electron chi connectivity index (χ2n) is 5.82. The maximum atomic E-state index is 5.97. The molecular formula is C17H17N3OS. The van der Waals surface area contributed by atoms with Crippen LogP contribution in [0.4, 0.5) is 0 Å².